The topological polar surface area (TPSA) is 65.2 Å². The molecule has 1 heterocycles. The lowest BCUT2D eigenvalue weighted by atomic mass is 10.1. The summed E-state index contributed by atoms with van der Waals surface area (Å²) in [5.41, 5.74) is 2.30. The van der Waals surface area contributed by atoms with Gasteiger partial charge in [0.25, 0.3) is 5.91 Å². The molecule has 9 heteroatoms. The Balaban J connectivity index is 2.55. The lowest BCUT2D eigenvalue weighted by molar-refractivity contribution is -0.140. The van der Waals surface area contributed by atoms with E-state index in [2.05, 4.69) is 4.98 Å². The zero-order valence-corrected chi connectivity index (χ0v) is 11.5. The van der Waals surface area contributed by atoms with E-state index in [0.717, 1.165) is 18.2 Å². The van der Waals surface area contributed by atoms with Gasteiger partial charge in [-0.15, -0.1) is 0 Å². The number of alkyl halides is 3. The summed E-state index contributed by atoms with van der Waals surface area (Å²) in [6, 6.07) is 3.25. The maximum atomic E-state index is 14.0. The normalized spacial score (nSPS) is 11.4. The number of carbonyl (C=O) groups excluding carboxylic acids is 1. The monoisotopic (exact) mass is 332 g/mol. The number of primary amides is 1. The Morgan fingerprint density at radius 1 is 1.13 bits per heavy atom. The van der Waals surface area contributed by atoms with Crippen LogP contribution in [0.2, 0.25) is 0 Å². The Bertz CT molecular complexity index is 774. The molecule has 0 fully saturated rings. The first-order valence-electron chi connectivity index (χ1n) is 6.11. The van der Waals surface area contributed by atoms with Gasteiger partial charge in [-0.25, -0.2) is 9.37 Å². The Labute approximate surface area is 126 Å². The van der Waals surface area contributed by atoms with E-state index in [1.54, 1.807) is 0 Å². The van der Waals surface area contributed by atoms with Crippen LogP contribution >= 0.6 is 0 Å². The minimum absolute atomic E-state index is 0.0562. The molecule has 2 aromatic rings. The van der Waals surface area contributed by atoms with Crippen molar-refractivity contribution in [3.8, 4) is 11.5 Å². The van der Waals surface area contributed by atoms with E-state index in [0.29, 0.717) is 6.07 Å². The number of nitrogens with zero attached hydrogens (tertiary/aromatic N) is 1. The van der Waals surface area contributed by atoms with E-state index in [1.807, 2.05) is 0 Å². The van der Waals surface area contributed by atoms with E-state index in [9.17, 15) is 26.7 Å². The van der Waals surface area contributed by atoms with E-state index in [4.69, 9.17) is 10.5 Å². The number of benzene rings is 1. The van der Waals surface area contributed by atoms with Crippen molar-refractivity contribution in [2.24, 2.45) is 5.73 Å². The van der Waals surface area contributed by atoms with Gasteiger partial charge in [0, 0.05) is 0 Å². The van der Waals surface area contributed by atoms with Crippen LogP contribution < -0.4 is 10.5 Å². The highest BCUT2D eigenvalue weighted by Crippen LogP contribution is 2.37. The van der Waals surface area contributed by atoms with Gasteiger partial charge in [-0.05, 0) is 31.2 Å². The van der Waals surface area contributed by atoms with Gasteiger partial charge in [-0.1, -0.05) is 0 Å². The predicted octanol–water partition coefficient (Wildman–Crippen LogP) is 3.58. The molecule has 2 N–H and O–H groups in total. The molecule has 0 spiro atoms. The van der Waals surface area contributed by atoms with Gasteiger partial charge in [0.05, 0.1) is 11.3 Å². The standard InChI is InChI=1S/C14H9F5N2O2/c1-6-8(4-5-10(15)21-6)23-9-3-2-7(14(17,18)19)12(16)11(9)13(20)22/h2-5H,1H3,(H2,20,22). The number of aryl methyl sites for hydroxylation is 1. The van der Waals surface area contributed by atoms with Crippen LogP contribution in [0.15, 0.2) is 24.3 Å². The highest BCUT2D eigenvalue weighted by atomic mass is 19.4. The molecule has 0 atom stereocenters. The third kappa shape index (κ3) is 3.38. The number of amides is 1. The van der Waals surface area contributed by atoms with E-state index in [-0.39, 0.29) is 11.4 Å². The number of aromatic nitrogens is 1. The Kier molecular flexibility index (Phi) is 4.22. The molecule has 0 aliphatic carbocycles. The minimum atomic E-state index is -5.00. The van der Waals surface area contributed by atoms with Gasteiger partial charge < -0.3 is 10.5 Å². The molecule has 0 saturated carbocycles. The zero-order valence-electron chi connectivity index (χ0n) is 11.5. The van der Waals surface area contributed by atoms with Gasteiger partial charge in [0.1, 0.15) is 17.1 Å². The number of rotatable bonds is 3. The van der Waals surface area contributed by atoms with Crippen molar-refractivity contribution in [1.29, 1.82) is 0 Å². The highest BCUT2D eigenvalue weighted by Gasteiger charge is 2.37. The summed E-state index contributed by atoms with van der Waals surface area (Å²) in [6.07, 6.45) is -5.00. The quantitative estimate of drug-likeness (QED) is 0.690. The number of ether oxygens (including phenoxy) is 1. The number of hydrogen-bond acceptors (Lipinski definition) is 3. The first-order valence-corrected chi connectivity index (χ1v) is 6.11. The summed E-state index contributed by atoms with van der Waals surface area (Å²) in [4.78, 5) is 14.8. The van der Waals surface area contributed by atoms with Crippen LogP contribution in [-0.4, -0.2) is 10.9 Å². The van der Waals surface area contributed by atoms with E-state index in [1.165, 1.54) is 6.92 Å². The summed E-state index contributed by atoms with van der Waals surface area (Å²) in [5, 5.41) is 0. The van der Waals surface area contributed by atoms with Crippen LogP contribution in [0.5, 0.6) is 11.5 Å². The number of pyridine rings is 1. The highest BCUT2D eigenvalue weighted by molar-refractivity contribution is 5.96. The van der Waals surface area contributed by atoms with Crippen molar-refractivity contribution in [3.63, 3.8) is 0 Å². The van der Waals surface area contributed by atoms with E-state index >= 15 is 0 Å². The average Bonchev–Trinajstić information content (AvgIpc) is 2.40. The molecular formula is C14H9F5N2O2. The van der Waals surface area contributed by atoms with Gasteiger partial charge in [-0.2, -0.15) is 17.6 Å². The molecule has 23 heavy (non-hydrogen) atoms. The summed E-state index contributed by atoms with van der Waals surface area (Å²) in [7, 11) is 0. The molecule has 0 aliphatic heterocycles. The van der Waals surface area contributed by atoms with Gasteiger partial charge in [-0.3, -0.25) is 4.79 Å². The van der Waals surface area contributed by atoms with Crippen molar-refractivity contribution in [3.05, 3.63) is 52.9 Å². The van der Waals surface area contributed by atoms with Crippen LogP contribution in [0.3, 0.4) is 0 Å². The molecule has 0 aliphatic rings. The summed E-state index contributed by atoms with van der Waals surface area (Å²) >= 11 is 0. The first-order chi connectivity index (χ1) is 10.6. The second kappa shape index (κ2) is 5.82. The van der Waals surface area contributed by atoms with Gasteiger partial charge in [0.2, 0.25) is 5.95 Å². The fraction of sp³-hybridized carbons (Fsp3) is 0.143. The van der Waals surface area contributed by atoms with E-state index < -0.39 is 40.7 Å². The smallest absolute Gasteiger partial charge is 0.419 e. The maximum absolute atomic E-state index is 14.0. The third-order valence-corrected chi connectivity index (χ3v) is 2.88. The second-order valence-electron chi connectivity index (χ2n) is 4.48. The Morgan fingerprint density at radius 2 is 1.74 bits per heavy atom. The second-order valence-corrected chi connectivity index (χ2v) is 4.48. The summed E-state index contributed by atoms with van der Waals surface area (Å²) < 4.78 is 70.1. The molecule has 1 amide bonds. The van der Waals surface area contributed by atoms with Crippen LogP contribution in [0, 0.1) is 18.7 Å². The van der Waals surface area contributed by atoms with Crippen LogP contribution in [0.4, 0.5) is 22.0 Å². The zero-order chi connectivity index (χ0) is 17.4. The van der Waals surface area contributed by atoms with Crippen molar-refractivity contribution in [2.75, 3.05) is 0 Å². The molecule has 0 bridgehead atoms. The minimum Gasteiger partial charge on any atom is -0.455 e. The molecule has 0 radical (unpaired) electrons. The fourth-order valence-electron chi connectivity index (χ4n) is 1.84. The fourth-order valence-corrected chi connectivity index (χ4v) is 1.84. The number of carbonyl (C=O) groups is 1. The number of hydrogen-bond donors (Lipinski definition) is 1. The molecule has 4 nitrogen and oxygen atoms in total. The SMILES string of the molecule is Cc1nc(F)ccc1Oc1ccc(C(F)(F)F)c(F)c1C(N)=O. The lowest BCUT2D eigenvalue weighted by Gasteiger charge is -2.15. The van der Waals surface area contributed by atoms with Crippen LogP contribution in [0.25, 0.3) is 0 Å². The lowest BCUT2D eigenvalue weighted by Crippen LogP contribution is -2.18. The predicted molar refractivity (Wildman–Crippen MR) is 68.9 cm³/mol. The largest absolute Gasteiger partial charge is 0.455 e. The van der Waals surface area contributed by atoms with Crippen molar-refractivity contribution in [1.82, 2.24) is 4.98 Å². The molecule has 0 unspecified atom stereocenters. The van der Waals surface area contributed by atoms with Crippen LogP contribution in [0.1, 0.15) is 21.6 Å². The number of halogens is 5. The Morgan fingerprint density at radius 3 is 2.26 bits per heavy atom. The molecule has 1 aromatic heterocycles. The molecule has 2 rings (SSSR count). The molecule has 1 aromatic carbocycles. The number of nitrogens with two attached hydrogens (primary N) is 1. The van der Waals surface area contributed by atoms with Gasteiger partial charge >= 0.3 is 6.18 Å². The summed E-state index contributed by atoms with van der Waals surface area (Å²) in [5.74, 6) is -4.66. The summed E-state index contributed by atoms with van der Waals surface area (Å²) in [6.45, 7) is 1.36. The molecule has 0 saturated heterocycles. The maximum Gasteiger partial charge on any atom is 0.419 e. The first kappa shape index (κ1) is 16.7. The molecule has 122 valence electrons. The average molecular weight is 332 g/mol. The third-order valence-electron chi connectivity index (χ3n) is 2.88. The van der Waals surface area contributed by atoms with Crippen molar-refractivity contribution < 1.29 is 31.5 Å². The molecular weight excluding hydrogens is 323 g/mol. The van der Waals surface area contributed by atoms with Crippen molar-refractivity contribution in [2.45, 2.75) is 13.1 Å². The van der Waals surface area contributed by atoms with Gasteiger partial charge in [0.15, 0.2) is 5.82 Å². The van der Waals surface area contributed by atoms with Crippen LogP contribution in [-0.2, 0) is 6.18 Å². The van der Waals surface area contributed by atoms with Crippen molar-refractivity contribution >= 4 is 5.91 Å². The Hall–Kier alpha value is -2.71.